The molecule has 3 aromatic carbocycles. The summed E-state index contributed by atoms with van der Waals surface area (Å²) in [7, 11) is 0. The number of fused-ring (bicyclic) bond motifs is 1. The van der Waals surface area contributed by atoms with Gasteiger partial charge in [-0.3, -0.25) is 0 Å². The molecule has 1 aliphatic rings. The number of halogens is 3. The Morgan fingerprint density at radius 1 is 1.09 bits per heavy atom. The van der Waals surface area contributed by atoms with Crippen LogP contribution in [0.2, 0.25) is 10.0 Å². The zero-order valence-corrected chi connectivity index (χ0v) is 20.8. The number of carboxylic acid groups (broad SMARTS) is 1. The van der Waals surface area contributed by atoms with E-state index in [4.69, 9.17) is 32.7 Å². The van der Waals surface area contributed by atoms with E-state index in [0.717, 1.165) is 5.56 Å². The monoisotopic (exact) mass is 483 g/mol. The van der Waals surface area contributed by atoms with Crippen molar-refractivity contribution in [3.05, 3.63) is 87.2 Å². The van der Waals surface area contributed by atoms with Crippen LogP contribution in [-0.2, 0) is 13.2 Å². The second-order valence-electron chi connectivity index (χ2n) is 6.99. The van der Waals surface area contributed by atoms with Crippen LogP contribution in [0, 0.1) is 5.82 Å². The summed E-state index contributed by atoms with van der Waals surface area (Å²) in [6.45, 7) is 1.28. The van der Waals surface area contributed by atoms with Gasteiger partial charge in [0.05, 0.1) is 18.2 Å². The van der Waals surface area contributed by atoms with Crippen molar-refractivity contribution in [2.45, 2.75) is 13.2 Å². The molecule has 32 heavy (non-hydrogen) atoms. The van der Waals surface area contributed by atoms with E-state index < -0.39 is 11.8 Å². The number of anilines is 1. The molecule has 0 fully saturated rings. The van der Waals surface area contributed by atoms with Gasteiger partial charge in [-0.05, 0) is 42.5 Å². The summed E-state index contributed by atoms with van der Waals surface area (Å²) in [5, 5.41) is 12.3. The van der Waals surface area contributed by atoms with Crippen molar-refractivity contribution in [1.29, 1.82) is 0 Å². The minimum absolute atomic E-state index is 0. The summed E-state index contributed by atoms with van der Waals surface area (Å²) in [4.78, 5) is 13.4. The smallest absolute Gasteiger partial charge is 0.545 e. The van der Waals surface area contributed by atoms with E-state index in [1.54, 1.807) is 42.5 Å². The third kappa shape index (κ3) is 5.50. The van der Waals surface area contributed by atoms with Crippen LogP contribution in [0.25, 0.3) is 0 Å². The Bertz CT molecular complexity index is 1140. The van der Waals surface area contributed by atoms with Crippen molar-refractivity contribution in [3.8, 4) is 11.5 Å². The van der Waals surface area contributed by atoms with Crippen molar-refractivity contribution in [2.24, 2.45) is 0 Å². The molecule has 5 nitrogen and oxygen atoms in total. The number of carbonyl (C=O) groups excluding carboxylic acids is 1. The molecule has 0 bridgehead atoms. The van der Waals surface area contributed by atoms with Gasteiger partial charge in [0.1, 0.15) is 24.8 Å². The number of hydrogen-bond donors (Lipinski definition) is 0. The van der Waals surface area contributed by atoms with Crippen molar-refractivity contribution in [3.63, 3.8) is 0 Å². The molecule has 4 rings (SSSR count). The van der Waals surface area contributed by atoms with Crippen LogP contribution in [0.3, 0.4) is 0 Å². The number of benzene rings is 3. The molecule has 0 atom stereocenters. The third-order valence-electron chi connectivity index (χ3n) is 4.94. The van der Waals surface area contributed by atoms with E-state index in [2.05, 4.69) is 0 Å². The van der Waals surface area contributed by atoms with Crippen LogP contribution in [0.1, 0.15) is 21.5 Å². The zero-order chi connectivity index (χ0) is 22.0. The predicted octanol–water partition coefficient (Wildman–Crippen LogP) is 1.48. The van der Waals surface area contributed by atoms with Crippen LogP contribution in [0.4, 0.5) is 10.1 Å². The topological polar surface area (TPSA) is 61.8 Å². The number of para-hydroxylation sites is 1. The summed E-state index contributed by atoms with van der Waals surface area (Å²) in [5.41, 5.74) is 1.79. The fourth-order valence-electron chi connectivity index (χ4n) is 3.44. The Hall–Kier alpha value is -1.96. The maximum absolute atomic E-state index is 14.1. The molecule has 0 radical (unpaired) electrons. The van der Waals surface area contributed by atoms with Crippen LogP contribution in [0.5, 0.6) is 11.5 Å². The Kier molecular flexibility index (Phi) is 8.31. The molecule has 3 aromatic rings. The predicted molar refractivity (Wildman–Crippen MR) is 115 cm³/mol. The maximum atomic E-state index is 14.1. The van der Waals surface area contributed by atoms with Crippen molar-refractivity contribution < 1.29 is 53.3 Å². The molecule has 9 heteroatoms. The van der Waals surface area contributed by atoms with Gasteiger partial charge in [0, 0.05) is 33.3 Å². The average molecular weight is 484 g/mol. The SMILES string of the molecule is O=C([O-])c1cccc2c1OCCN2Cc1cc(Cl)ccc1OCc1ccc(Cl)cc1F.[Na+]. The molecule has 160 valence electrons. The van der Waals surface area contributed by atoms with Gasteiger partial charge in [0.15, 0.2) is 5.75 Å². The first kappa shape index (κ1) is 24.7. The van der Waals surface area contributed by atoms with E-state index in [0.29, 0.717) is 46.7 Å². The molecule has 0 spiro atoms. The Morgan fingerprint density at radius 2 is 1.84 bits per heavy atom. The minimum Gasteiger partial charge on any atom is -0.545 e. The summed E-state index contributed by atoms with van der Waals surface area (Å²) in [5.74, 6) is -0.917. The third-order valence-corrected chi connectivity index (χ3v) is 5.41. The van der Waals surface area contributed by atoms with Gasteiger partial charge in [0.2, 0.25) is 0 Å². The summed E-state index contributed by atoms with van der Waals surface area (Å²) in [6, 6.07) is 14.5. The number of rotatable bonds is 6. The summed E-state index contributed by atoms with van der Waals surface area (Å²) >= 11 is 12.0. The largest absolute Gasteiger partial charge is 1.00 e. The normalized spacial score (nSPS) is 12.4. The van der Waals surface area contributed by atoms with Gasteiger partial charge in [-0.25, -0.2) is 4.39 Å². The van der Waals surface area contributed by atoms with Gasteiger partial charge in [-0.2, -0.15) is 0 Å². The van der Waals surface area contributed by atoms with Crippen LogP contribution < -0.4 is 49.0 Å². The van der Waals surface area contributed by atoms with E-state index in [-0.39, 0.29) is 47.5 Å². The van der Waals surface area contributed by atoms with Gasteiger partial charge in [-0.15, -0.1) is 0 Å². The summed E-state index contributed by atoms with van der Waals surface area (Å²) in [6.07, 6.45) is 0. The molecule has 1 aliphatic heterocycles. The second kappa shape index (κ2) is 10.8. The fourth-order valence-corrected chi connectivity index (χ4v) is 3.79. The van der Waals surface area contributed by atoms with E-state index >= 15 is 0 Å². The van der Waals surface area contributed by atoms with Gasteiger partial charge in [-0.1, -0.05) is 35.3 Å². The number of aromatic carboxylic acids is 1. The van der Waals surface area contributed by atoms with Crippen LogP contribution in [0.15, 0.2) is 54.6 Å². The Balaban J connectivity index is 0.00000289. The van der Waals surface area contributed by atoms with Crippen molar-refractivity contribution in [2.75, 3.05) is 18.1 Å². The fraction of sp³-hybridized carbons (Fsp3) is 0.174. The molecule has 0 saturated carbocycles. The minimum atomic E-state index is -1.30. The number of nitrogens with zero attached hydrogens (tertiary/aromatic N) is 1. The van der Waals surface area contributed by atoms with Crippen molar-refractivity contribution in [1.82, 2.24) is 0 Å². The zero-order valence-electron chi connectivity index (χ0n) is 17.2. The summed E-state index contributed by atoms with van der Waals surface area (Å²) < 4.78 is 25.6. The van der Waals surface area contributed by atoms with E-state index in [1.165, 1.54) is 12.1 Å². The molecular formula is C23H17Cl2FNNaO4. The number of carboxylic acids is 1. The van der Waals surface area contributed by atoms with Crippen LogP contribution >= 0.6 is 23.2 Å². The molecule has 0 unspecified atom stereocenters. The number of carbonyl (C=O) groups is 1. The first-order valence-corrected chi connectivity index (χ1v) is 10.2. The first-order chi connectivity index (χ1) is 14.9. The number of hydrogen-bond acceptors (Lipinski definition) is 5. The van der Waals surface area contributed by atoms with Gasteiger partial charge in [0.25, 0.3) is 0 Å². The molecule has 0 aliphatic carbocycles. The Labute approximate surface area is 216 Å². The van der Waals surface area contributed by atoms with Crippen molar-refractivity contribution >= 4 is 34.9 Å². The number of ether oxygens (including phenoxy) is 2. The van der Waals surface area contributed by atoms with Crippen LogP contribution in [-0.4, -0.2) is 19.1 Å². The van der Waals surface area contributed by atoms with E-state index in [9.17, 15) is 14.3 Å². The van der Waals surface area contributed by atoms with Gasteiger partial charge < -0.3 is 24.3 Å². The molecule has 0 N–H and O–H groups in total. The van der Waals surface area contributed by atoms with Gasteiger partial charge >= 0.3 is 29.6 Å². The quantitative estimate of drug-likeness (QED) is 0.497. The average Bonchev–Trinajstić information content (AvgIpc) is 2.74. The second-order valence-corrected chi connectivity index (χ2v) is 7.86. The standard InChI is InChI=1S/C23H18Cl2FNO4.Na/c24-16-6-7-21(31-13-14-4-5-17(25)11-19(14)26)15(10-16)12-27-8-9-30-22-18(23(28)29)2-1-3-20(22)27;/h1-7,10-11H,8-9,12-13H2,(H,28,29);/q;+1/p-1. The van der Waals surface area contributed by atoms with E-state index in [1.807, 2.05) is 4.90 Å². The molecule has 0 aromatic heterocycles. The molecule has 1 heterocycles. The molecular weight excluding hydrogens is 467 g/mol. The maximum Gasteiger partial charge on any atom is 1.00 e. The molecule has 0 saturated heterocycles. The molecule has 0 amide bonds. The first-order valence-electron chi connectivity index (χ1n) is 9.49. The Morgan fingerprint density at radius 3 is 2.59 bits per heavy atom.